The van der Waals surface area contributed by atoms with Gasteiger partial charge in [0.25, 0.3) is 10.0 Å². The van der Waals surface area contributed by atoms with Gasteiger partial charge < -0.3 is 10.2 Å². The molecule has 2 aromatic rings. The van der Waals surface area contributed by atoms with Gasteiger partial charge >= 0.3 is 0 Å². The minimum atomic E-state index is -3.93. The topological polar surface area (TPSA) is 113 Å². The first-order chi connectivity index (χ1) is 13.7. The van der Waals surface area contributed by atoms with Crippen LogP contribution in [0.1, 0.15) is 18.9 Å². The molecule has 1 fully saturated rings. The summed E-state index contributed by atoms with van der Waals surface area (Å²) in [5, 5.41) is 2.71. The van der Waals surface area contributed by atoms with Crippen molar-refractivity contribution in [2.24, 2.45) is 5.92 Å². The van der Waals surface area contributed by atoms with Crippen LogP contribution in [0.4, 0.5) is 11.4 Å². The van der Waals surface area contributed by atoms with Gasteiger partial charge in [-0.15, -0.1) is 0 Å². The standard InChI is InChI=1S/C20H21N3O5S/c1-13-4-3-5-17(10-13)23-12-15(11-19(23)25)20(26)21-16-6-8-18(9-7-16)29(27,28)22-14(2)24/h3-10,15H,11-12H2,1-2H3,(H,21,26)(H,22,24). The second kappa shape index (κ2) is 8.04. The molecular formula is C20H21N3O5S. The highest BCUT2D eigenvalue weighted by Crippen LogP contribution is 2.26. The average Bonchev–Trinajstić information content (AvgIpc) is 3.03. The molecule has 0 spiro atoms. The molecule has 2 N–H and O–H groups in total. The lowest BCUT2D eigenvalue weighted by atomic mass is 10.1. The highest BCUT2D eigenvalue weighted by Gasteiger charge is 2.35. The van der Waals surface area contributed by atoms with Crippen LogP contribution in [0.15, 0.2) is 53.4 Å². The van der Waals surface area contributed by atoms with Gasteiger partial charge in [-0.2, -0.15) is 0 Å². The molecule has 9 heteroatoms. The minimum absolute atomic E-state index is 0.0904. The number of amides is 3. The van der Waals surface area contributed by atoms with Crippen molar-refractivity contribution < 1.29 is 22.8 Å². The first kappa shape index (κ1) is 20.5. The summed E-state index contributed by atoms with van der Waals surface area (Å²) < 4.78 is 25.8. The zero-order valence-electron chi connectivity index (χ0n) is 16.0. The van der Waals surface area contributed by atoms with E-state index in [1.54, 1.807) is 4.90 Å². The lowest BCUT2D eigenvalue weighted by Gasteiger charge is -2.17. The van der Waals surface area contributed by atoms with E-state index in [0.717, 1.165) is 18.2 Å². The van der Waals surface area contributed by atoms with Crippen LogP contribution >= 0.6 is 0 Å². The zero-order valence-corrected chi connectivity index (χ0v) is 16.8. The van der Waals surface area contributed by atoms with Gasteiger partial charge in [-0.25, -0.2) is 13.1 Å². The Morgan fingerprint density at radius 3 is 2.41 bits per heavy atom. The van der Waals surface area contributed by atoms with Crippen molar-refractivity contribution in [2.75, 3.05) is 16.8 Å². The third-order valence-electron chi connectivity index (χ3n) is 4.52. The van der Waals surface area contributed by atoms with Gasteiger partial charge in [-0.3, -0.25) is 14.4 Å². The molecule has 3 rings (SSSR count). The minimum Gasteiger partial charge on any atom is -0.326 e. The van der Waals surface area contributed by atoms with E-state index in [-0.39, 0.29) is 29.7 Å². The van der Waals surface area contributed by atoms with Crippen molar-refractivity contribution in [1.82, 2.24) is 4.72 Å². The summed E-state index contributed by atoms with van der Waals surface area (Å²) in [7, 11) is -3.93. The van der Waals surface area contributed by atoms with E-state index in [9.17, 15) is 22.8 Å². The predicted octanol–water partition coefficient (Wildman–Crippen LogP) is 1.81. The van der Waals surface area contributed by atoms with E-state index < -0.39 is 21.8 Å². The van der Waals surface area contributed by atoms with E-state index >= 15 is 0 Å². The Bertz CT molecular complexity index is 1060. The molecule has 1 saturated heterocycles. The van der Waals surface area contributed by atoms with Crippen LogP contribution in [0.3, 0.4) is 0 Å². The largest absolute Gasteiger partial charge is 0.326 e. The number of sulfonamides is 1. The average molecular weight is 415 g/mol. The van der Waals surface area contributed by atoms with E-state index in [1.807, 2.05) is 35.9 Å². The molecule has 152 valence electrons. The number of hydrogen-bond acceptors (Lipinski definition) is 5. The fraction of sp³-hybridized carbons (Fsp3) is 0.250. The smallest absolute Gasteiger partial charge is 0.264 e. The quantitative estimate of drug-likeness (QED) is 0.773. The monoisotopic (exact) mass is 415 g/mol. The van der Waals surface area contributed by atoms with E-state index in [1.165, 1.54) is 24.3 Å². The Morgan fingerprint density at radius 1 is 1.10 bits per heavy atom. The van der Waals surface area contributed by atoms with E-state index in [2.05, 4.69) is 5.32 Å². The van der Waals surface area contributed by atoms with Crippen LogP contribution in [0.25, 0.3) is 0 Å². The normalized spacial score (nSPS) is 16.6. The Kier molecular flexibility index (Phi) is 5.69. The summed E-state index contributed by atoms with van der Waals surface area (Å²) in [6, 6.07) is 13.0. The SMILES string of the molecule is CC(=O)NS(=O)(=O)c1ccc(NC(=O)C2CC(=O)N(c3cccc(C)c3)C2)cc1. The number of nitrogens with one attached hydrogen (secondary N) is 2. The van der Waals surface area contributed by atoms with Crippen LogP contribution in [-0.4, -0.2) is 32.7 Å². The number of carbonyl (C=O) groups excluding carboxylic acids is 3. The number of rotatable bonds is 5. The Morgan fingerprint density at radius 2 is 1.79 bits per heavy atom. The van der Waals surface area contributed by atoms with Crippen molar-refractivity contribution in [3.63, 3.8) is 0 Å². The maximum Gasteiger partial charge on any atom is 0.264 e. The molecule has 1 atom stereocenters. The van der Waals surface area contributed by atoms with Crippen molar-refractivity contribution in [1.29, 1.82) is 0 Å². The molecule has 1 aliphatic rings. The number of benzene rings is 2. The predicted molar refractivity (Wildman–Crippen MR) is 108 cm³/mol. The summed E-state index contributed by atoms with van der Waals surface area (Å²) in [5.74, 6) is -1.63. The maximum absolute atomic E-state index is 12.6. The molecule has 0 aromatic heterocycles. The van der Waals surface area contributed by atoms with Gasteiger partial charge in [0.1, 0.15) is 0 Å². The molecule has 2 aromatic carbocycles. The highest BCUT2D eigenvalue weighted by molar-refractivity contribution is 7.90. The van der Waals surface area contributed by atoms with Crippen molar-refractivity contribution in [3.8, 4) is 0 Å². The zero-order chi connectivity index (χ0) is 21.2. The molecule has 0 aliphatic carbocycles. The van der Waals surface area contributed by atoms with Crippen LogP contribution in [0.5, 0.6) is 0 Å². The first-order valence-corrected chi connectivity index (χ1v) is 10.5. The summed E-state index contributed by atoms with van der Waals surface area (Å²) in [6.07, 6.45) is 0.106. The van der Waals surface area contributed by atoms with E-state index in [0.29, 0.717) is 5.69 Å². The van der Waals surface area contributed by atoms with Gasteiger partial charge in [0, 0.05) is 31.3 Å². The van der Waals surface area contributed by atoms with Crippen LogP contribution in [0, 0.1) is 12.8 Å². The van der Waals surface area contributed by atoms with Gasteiger partial charge in [0.15, 0.2) is 0 Å². The summed E-state index contributed by atoms with van der Waals surface area (Å²) in [6.45, 7) is 3.32. The van der Waals surface area contributed by atoms with Crippen LogP contribution in [-0.2, 0) is 24.4 Å². The third kappa shape index (κ3) is 4.80. The molecular weight excluding hydrogens is 394 g/mol. The third-order valence-corrected chi connectivity index (χ3v) is 5.97. The van der Waals surface area contributed by atoms with Crippen molar-refractivity contribution in [3.05, 3.63) is 54.1 Å². The van der Waals surface area contributed by atoms with Crippen molar-refractivity contribution in [2.45, 2.75) is 25.2 Å². The van der Waals surface area contributed by atoms with Crippen LogP contribution in [0.2, 0.25) is 0 Å². The number of carbonyl (C=O) groups is 3. The lowest BCUT2D eigenvalue weighted by molar-refractivity contribution is -0.122. The summed E-state index contributed by atoms with van der Waals surface area (Å²) in [5.41, 5.74) is 2.19. The maximum atomic E-state index is 12.6. The number of anilines is 2. The Hall–Kier alpha value is -3.20. The summed E-state index contributed by atoms with van der Waals surface area (Å²) in [4.78, 5) is 37.4. The van der Waals surface area contributed by atoms with Gasteiger partial charge in [-0.05, 0) is 48.9 Å². The second-order valence-electron chi connectivity index (χ2n) is 6.92. The molecule has 29 heavy (non-hydrogen) atoms. The number of aryl methyl sites for hydroxylation is 1. The van der Waals surface area contributed by atoms with Gasteiger partial charge in [0.2, 0.25) is 17.7 Å². The molecule has 0 radical (unpaired) electrons. The fourth-order valence-electron chi connectivity index (χ4n) is 3.14. The molecule has 3 amide bonds. The number of hydrogen-bond donors (Lipinski definition) is 2. The molecule has 8 nitrogen and oxygen atoms in total. The Labute approximate surface area is 169 Å². The van der Waals surface area contributed by atoms with Crippen molar-refractivity contribution >= 4 is 39.1 Å². The lowest BCUT2D eigenvalue weighted by Crippen LogP contribution is -2.28. The van der Waals surface area contributed by atoms with Gasteiger partial charge in [0.05, 0.1) is 10.8 Å². The molecule has 1 unspecified atom stereocenters. The first-order valence-electron chi connectivity index (χ1n) is 8.97. The fourth-order valence-corrected chi connectivity index (χ4v) is 4.13. The highest BCUT2D eigenvalue weighted by atomic mass is 32.2. The van der Waals surface area contributed by atoms with Crippen LogP contribution < -0.4 is 14.9 Å². The second-order valence-corrected chi connectivity index (χ2v) is 8.60. The number of nitrogens with zero attached hydrogens (tertiary/aromatic N) is 1. The molecule has 0 bridgehead atoms. The Balaban J connectivity index is 1.66. The molecule has 1 aliphatic heterocycles. The molecule has 1 heterocycles. The van der Waals surface area contributed by atoms with Gasteiger partial charge in [-0.1, -0.05) is 12.1 Å². The molecule has 0 saturated carbocycles. The van der Waals surface area contributed by atoms with E-state index in [4.69, 9.17) is 0 Å². The summed E-state index contributed by atoms with van der Waals surface area (Å²) >= 11 is 0.